The maximum atomic E-state index is 12.1. The van der Waals surface area contributed by atoms with Crippen molar-refractivity contribution in [3.63, 3.8) is 0 Å². The molecule has 2 unspecified atom stereocenters. The van der Waals surface area contributed by atoms with Gasteiger partial charge in [0.1, 0.15) is 0 Å². The molecule has 0 radical (unpaired) electrons. The van der Waals surface area contributed by atoms with Crippen molar-refractivity contribution >= 4 is 17.7 Å². The van der Waals surface area contributed by atoms with Crippen LogP contribution in [-0.4, -0.2) is 54.2 Å². The summed E-state index contributed by atoms with van der Waals surface area (Å²) in [6, 6.07) is 0. The fourth-order valence-electron chi connectivity index (χ4n) is 2.04. The number of carbonyl (C=O) groups excluding carboxylic acids is 1. The number of ether oxygens (including phenoxy) is 1. The third-order valence-electron chi connectivity index (χ3n) is 2.92. The summed E-state index contributed by atoms with van der Waals surface area (Å²) in [6.45, 7) is 2.53. The van der Waals surface area contributed by atoms with E-state index in [9.17, 15) is 4.79 Å². The molecule has 2 heterocycles. The molecular weight excluding hydrogens is 212 g/mol. The summed E-state index contributed by atoms with van der Waals surface area (Å²) in [5, 5.41) is 0.196. The molecular formula is C10H18N2O2S. The Labute approximate surface area is 94.5 Å². The molecule has 86 valence electrons. The molecule has 0 spiro atoms. The summed E-state index contributed by atoms with van der Waals surface area (Å²) in [5.74, 6) is 1.42. The van der Waals surface area contributed by atoms with Crippen LogP contribution < -0.4 is 5.73 Å². The van der Waals surface area contributed by atoms with Crippen LogP contribution in [0.2, 0.25) is 0 Å². The minimum atomic E-state index is 0.0362. The van der Waals surface area contributed by atoms with Gasteiger partial charge in [-0.1, -0.05) is 0 Å². The predicted octanol–water partition coefficient (Wildman–Crippen LogP) is 0.0681. The number of hydrogen-bond acceptors (Lipinski definition) is 4. The Balaban J connectivity index is 1.88. The van der Waals surface area contributed by atoms with Gasteiger partial charge in [0.05, 0.1) is 18.0 Å². The summed E-state index contributed by atoms with van der Waals surface area (Å²) in [6.07, 6.45) is 2.24. The van der Waals surface area contributed by atoms with Crippen LogP contribution in [0.15, 0.2) is 0 Å². The standard InChI is InChI=1S/C10H18N2O2S/c11-6-8-7-12(3-4-14-8)10(13)9-2-1-5-15-9/h8-9H,1-7,11H2. The zero-order chi connectivity index (χ0) is 10.7. The van der Waals surface area contributed by atoms with Crippen LogP contribution in [0.4, 0.5) is 0 Å². The van der Waals surface area contributed by atoms with Crippen LogP contribution in [0, 0.1) is 0 Å². The topological polar surface area (TPSA) is 55.6 Å². The number of thioether (sulfide) groups is 1. The zero-order valence-corrected chi connectivity index (χ0v) is 9.67. The summed E-state index contributed by atoms with van der Waals surface area (Å²) >= 11 is 1.79. The smallest absolute Gasteiger partial charge is 0.235 e. The van der Waals surface area contributed by atoms with E-state index < -0.39 is 0 Å². The average Bonchev–Trinajstić information content (AvgIpc) is 2.81. The number of nitrogens with zero attached hydrogens (tertiary/aromatic N) is 1. The number of hydrogen-bond donors (Lipinski definition) is 1. The molecule has 0 aromatic carbocycles. The molecule has 2 aliphatic rings. The van der Waals surface area contributed by atoms with Gasteiger partial charge in [-0.05, 0) is 18.6 Å². The van der Waals surface area contributed by atoms with E-state index in [1.165, 1.54) is 6.42 Å². The summed E-state index contributed by atoms with van der Waals surface area (Å²) < 4.78 is 5.44. The molecule has 2 atom stereocenters. The lowest BCUT2D eigenvalue weighted by Gasteiger charge is -2.33. The Hall–Kier alpha value is -0.260. The Morgan fingerprint density at radius 1 is 1.60 bits per heavy atom. The number of carbonyl (C=O) groups is 1. The highest BCUT2D eigenvalue weighted by molar-refractivity contribution is 8.00. The van der Waals surface area contributed by atoms with Gasteiger partial charge in [0.15, 0.2) is 0 Å². The maximum absolute atomic E-state index is 12.1. The fourth-order valence-corrected chi connectivity index (χ4v) is 3.28. The van der Waals surface area contributed by atoms with E-state index in [0.717, 1.165) is 18.7 Å². The van der Waals surface area contributed by atoms with E-state index in [1.54, 1.807) is 11.8 Å². The van der Waals surface area contributed by atoms with Gasteiger partial charge in [-0.25, -0.2) is 0 Å². The van der Waals surface area contributed by atoms with Crippen molar-refractivity contribution in [3.05, 3.63) is 0 Å². The minimum Gasteiger partial charge on any atom is -0.373 e. The molecule has 2 N–H and O–H groups in total. The second kappa shape index (κ2) is 5.18. The second-order valence-corrected chi connectivity index (χ2v) is 5.33. The molecule has 0 aromatic rings. The molecule has 2 aliphatic heterocycles. The quantitative estimate of drug-likeness (QED) is 0.729. The van der Waals surface area contributed by atoms with E-state index >= 15 is 0 Å². The molecule has 0 aromatic heterocycles. The Bertz CT molecular complexity index is 231. The lowest BCUT2D eigenvalue weighted by molar-refractivity contribution is -0.137. The van der Waals surface area contributed by atoms with Crippen molar-refractivity contribution in [3.8, 4) is 0 Å². The largest absolute Gasteiger partial charge is 0.373 e. The van der Waals surface area contributed by atoms with Gasteiger partial charge in [-0.2, -0.15) is 0 Å². The summed E-state index contributed by atoms with van der Waals surface area (Å²) in [5.41, 5.74) is 5.55. The first-order valence-corrected chi connectivity index (χ1v) is 6.58. The SMILES string of the molecule is NCC1CN(C(=O)C2CCCS2)CCO1. The van der Waals surface area contributed by atoms with Crippen molar-refractivity contribution in [2.24, 2.45) is 5.73 Å². The first kappa shape index (κ1) is 11.2. The molecule has 5 heteroatoms. The lowest BCUT2D eigenvalue weighted by Crippen LogP contribution is -2.50. The van der Waals surface area contributed by atoms with Crippen LogP contribution >= 0.6 is 11.8 Å². The van der Waals surface area contributed by atoms with Crippen LogP contribution in [-0.2, 0) is 9.53 Å². The molecule has 2 fully saturated rings. The lowest BCUT2D eigenvalue weighted by atomic mass is 10.2. The summed E-state index contributed by atoms with van der Waals surface area (Å²) in [4.78, 5) is 14.0. The number of amides is 1. The Morgan fingerprint density at radius 2 is 2.47 bits per heavy atom. The van der Waals surface area contributed by atoms with Gasteiger partial charge < -0.3 is 15.4 Å². The van der Waals surface area contributed by atoms with Crippen molar-refractivity contribution in [2.75, 3.05) is 32.0 Å². The highest BCUT2D eigenvalue weighted by Gasteiger charge is 2.30. The van der Waals surface area contributed by atoms with Crippen molar-refractivity contribution in [1.82, 2.24) is 4.90 Å². The predicted molar refractivity (Wildman–Crippen MR) is 60.9 cm³/mol. The monoisotopic (exact) mass is 230 g/mol. The van der Waals surface area contributed by atoms with Crippen molar-refractivity contribution in [1.29, 1.82) is 0 Å². The fraction of sp³-hybridized carbons (Fsp3) is 0.900. The van der Waals surface area contributed by atoms with E-state index in [2.05, 4.69) is 0 Å². The summed E-state index contributed by atoms with van der Waals surface area (Å²) in [7, 11) is 0. The van der Waals surface area contributed by atoms with Crippen LogP contribution in [0.3, 0.4) is 0 Å². The van der Waals surface area contributed by atoms with Gasteiger partial charge >= 0.3 is 0 Å². The van der Waals surface area contributed by atoms with Crippen molar-refractivity contribution < 1.29 is 9.53 Å². The molecule has 2 rings (SSSR count). The van der Waals surface area contributed by atoms with Gasteiger partial charge in [-0.15, -0.1) is 11.8 Å². The van der Waals surface area contributed by atoms with Gasteiger partial charge in [-0.3, -0.25) is 4.79 Å². The minimum absolute atomic E-state index is 0.0362. The molecule has 0 aliphatic carbocycles. The zero-order valence-electron chi connectivity index (χ0n) is 8.85. The third-order valence-corrected chi connectivity index (χ3v) is 4.28. The number of morpholine rings is 1. The number of rotatable bonds is 2. The average molecular weight is 230 g/mol. The first-order valence-electron chi connectivity index (χ1n) is 5.53. The normalized spacial score (nSPS) is 31.9. The molecule has 1 amide bonds. The van der Waals surface area contributed by atoms with Gasteiger partial charge in [0.2, 0.25) is 5.91 Å². The molecule has 4 nitrogen and oxygen atoms in total. The number of nitrogens with two attached hydrogens (primary N) is 1. The first-order chi connectivity index (χ1) is 7.31. The highest BCUT2D eigenvalue weighted by Crippen LogP contribution is 2.28. The van der Waals surface area contributed by atoms with E-state index in [4.69, 9.17) is 10.5 Å². The van der Waals surface area contributed by atoms with E-state index in [1.807, 2.05) is 4.90 Å². The van der Waals surface area contributed by atoms with Crippen LogP contribution in [0.25, 0.3) is 0 Å². The van der Waals surface area contributed by atoms with E-state index in [-0.39, 0.29) is 11.4 Å². The Kier molecular flexibility index (Phi) is 3.88. The van der Waals surface area contributed by atoms with E-state index in [0.29, 0.717) is 25.6 Å². The van der Waals surface area contributed by atoms with Crippen LogP contribution in [0.1, 0.15) is 12.8 Å². The van der Waals surface area contributed by atoms with Crippen molar-refractivity contribution in [2.45, 2.75) is 24.2 Å². The van der Waals surface area contributed by atoms with Crippen LogP contribution in [0.5, 0.6) is 0 Å². The van der Waals surface area contributed by atoms with Gasteiger partial charge in [0.25, 0.3) is 0 Å². The second-order valence-electron chi connectivity index (χ2n) is 4.01. The van der Waals surface area contributed by atoms with Gasteiger partial charge in [0, 0.05) is 19.6 Å². The third kappa shape index (κ3) is 2.65. The molecule has 15 heavy (non-hydrogen) atoms. The Morgan fingerprint density at radius 3 is 3.13 bits per heavy atom. The molecule has 0 saturated carbocycles. The highest BCUT2D eigenvalue weighted by atomic mass is 32.2. The maximum Gasteiger partial charge on any atom is 0.235 e. The molecule has 0 bridgehead atoms. The molecule has 2 saturated heterocycles.